The number of benzene rings is 1. The molecule has 0 radical (unpaired) electrons. The third kappa shape index (κ3) is 3.28. The van der Waals surface area contributed by atoms with Gasteiger partial charge in [0.15, 0.2) is 0 Å². The SMILES string of the molecule is CCOC(=O)Nc1ccc(C(=O)N2CCc3sccc3[C@H]2C)cc1. The van der Waals surface area contributed by atoms with Crippen LogP contribution in [0.5, 0.6) is 0 Å². The van der Waals surface area contributed by atoms with E-state index in [9.17, 15) is 9.59 Å². The zero-order valence-electron chi connectivity index (χ0n) is 13.7. The predicted octanol–water partition coefficient (Wildman–Crippen LogP) is 4.08. The fourth-order valence-corrected chi connectivity index (χ4v) is 3.90. The number of ether oxygens (including phenoxy) is 1. The van der Waals surface area contributed by atoms with Crippen molar-refractivity contribution in [2.24, 2.45) is 0 Å². The fraction of sp³-hybridized carbons (Fsp3) is 0.333. The van der Waals surface area contributed by atoms with Crippen LogP contribution in [0.3, 0.4) is 0 Å². The molecular formula is C18H20N2O3S. The Balaban J connectivity index is 1.70. The summed E-state index contributed by atoms with van der Waals surface area (Å²) in [4.78, 5) is 27.5. The van der Waals surface area contributed by atoms with Crippen molar-refractivity contribution in [3.63, 3.8) is 0 Å². The molecule has 6 heteroatoms. The second kappa shape index (κ2) is 7.05. The fourth-order valence-electron chi connectivity index (χ4n) is 2.93. The number of carbonyl (C=O) groups is 2. The maximum absolute atomic E-state index is 12.8. The molecule has 1 atom stereocenters. The van der Waals surface area contributed by atoms with Crippen LogP contribution in [0.25, 0.3) is 0 Å². The molecule has 0 saturated heterocycles. The zero-order valence-corrected chi connectivity index (χ0v) is 14.6. The number of hydrogen-bond acceptors (Lipinski definition) is 4. The molecule has 24 heavy (non-hydrogen) atoms. The summed E-state index contributed by atoms with van der Waals surface area (Å²) in [5.41, 5.74) is 2.48. The van der Waals surface area contributed by atoms with Gasteiger partial charge in [0.25, 0.3) is 5.91 Å². The number of nitrogens with one attached hydrogen (secondary N) is 1. The first kappa shape index (κ1) is 16.5. The van der Waals surface area contributed by atoms with Crippen LogP contribution in [0.15, 0.2) is 35.7 Å². The van der Waals surface area contributed by atoms with Crippen molar-refractivity contribution in [1.29, 1.82) is 0 Å². The summed E-state index contributed by atoms with van der Waals surface area (Å²) in [6.07, 6.45) is 0.414. The molecule has 1 aromatic carbocycles. The van der Waals surface area contributed by atoms with Crippen molar-refractivity contribution in [1.82, 2.24) is 4.90 Å². The number of nitrogens with zero attached hydrogens (tertiary/aromatic N) is 1. The van der Waals surface area contributed by atoms with Crippen molar-refractivity contribution in [2.45, 2.75) is 26.3 Å². The molecule has 0 spiro atoms. The first-order valence-corrected chi connectivity index (χ1v) is 8.89. The van der Waals surface area contributed by atoms with E-state index < -0.39 is 6.09 Å². The minimum absolute atomic E-state index is 0.0158. The summed E-state index contributed by atoms with van der Waals surface area (Å²) in [6, 6.07) is 9.10. The van der Waals surface area contributed by atoms with Gasteiger partial charge in [-0.3, -0.25) is 10.1 Å². The Morgan fingerprint density at radius 2 is 2.04 bits per heavy atom. The molecule has 2 amide bonds. The van der Waals surface area contributed by atoms with Crippen molar-refractivity contribution >= 4 is 29.0 Å². The Hall–Kier alpha value is -2.34. The van der Waals surface area contributed by atoms with Gasteiger partial charge in [0.2, 0.25) is 0 Å². The van der Waals surface area contributed by atoms with Gasteiger partial charge in [-0.15, -0.1) is 11.3 Å². The summed E-state index contributed by atoms with van der Waals surface area (Å²) >= 11 is 1.76. The van der Waals surface area contributed by atoms with Gasteiger partial charge in [-0.2, -0.15) is 0 Å². The Labute approximate surface area is 145 Å². The number of anilines is 1. The summed E-state index contributed by atoms with van der Waals surface area (Å²) < 4.78 is 4.83. The number of rotatable bonds is 3. The topological polar surface area (TPSA) is 58.6 Å². The monoisotopic (exact) mass is 344 g/mol. The molecule has 5 nitrogen and oxygen atoms in total. The van der Waals surface area contributed by atoms with E-state index in [1.165, 1.54) is 10.4 Å². The van der Waals surface area contributed by atoms with Crippen LogP contribution >= 0.6 is 11.3 Å². The van der Waals surface area contributed by atoms with Crippen LogP contribution in [-0.2, 0) is 11.2 Å². The van der Waals surface area contributed by atoms with E-state index in [1.54, 1.807) is 42.5 Å². The Bertz CT molecular complexity index is 739. The third-order valence-electron chi connectivity index (χ3n) is 4.19. The normalized spacial score (nSPS) is 16.4. The summed E-state index contributed by atoms with van der Waals surface area (Å²) in [7, 11) is 0. The van der Waals surface area contributed by atoms with E-state index in [0.29, 0.717) is 17.9 Å². The van der Waals surface area contributed by atoms with E-state index in [0.717, 1.165) is 13.0 Å². The number of fused-ring (bicyclic) bond motifs is 1. The van der Waals surface area contributed by atoms with Gasteiger partial charge in [-0.05, 0) is 61.5 Å². The number of carbonyl (C=O) groups excluding carboxylic acids is 2. The summed E-state index contributed by atoms with van der Waals surface area (Å²) in [6.45, 7) is 4.87. The molecule has 3 rings (SSSR count). The van der Waals surface area contributed by atoms with Crippen molar-refractivity contribution < 1.29 is 14.3 Å². The number of hydrogen-bond donors (Lipinski definition) is 1. The highest BCUT2D eigenvalue weighted by Gasteiger charge is 2.28. The van der Waals surface area contributed by atoms with E-state index >= 15 is 0 Å². The Kier molecular flexibility index (Phi) is 4.85. The molecular weight excluding hydrogens is 324 g/mol. The predicted molar refractivity (Wildman–Crippen MR) is 94.6 cm³/mol. The van der Waals surface area contributed by atoms with Crippen LogP contribution < -0.4 is 5.32 Å². The van der Waals surface area contributed by atoms with E-state index in [-0.39, 0.29) is 11.9 Å². The smallest absolute Gasteiger partial charge is 0.411 e. The first-order valence-electron chi connectivity index (χ1n) is 8.01. The lowest BCUT2D eigenvalue weighted by atomic mass is 10.0. The van der Waals surface area contributed by atoms with Gasteiger partial charge in [-0.1, -0.05) is 0 Å². The van der Waals surface area contributed by atoms with E-state index in [2.05, 4.69) is 23.7 Å². The molecule has 0 saturated carbocycles. The molecule has 1 N–H and O–H groups in total. The molecule has 2 aromatic rings. The number of thiophene rings is 1. The molecule has 126 valence electrons. The van der Waals surface area contributed by atoms with Crippen molar-refractivity contribution in [2.75, 3.05) is 18.5 Å². The van der Waals surface area contributed by atoms with Crippen molar-refractivity contribution in [3.05, 3.63) is 51.7 Å². The minimum atomic E-state index is -0.494. The van der Waals surface area contributed by atoms with Crippen LogP contribution in [0.2, 0.25) is 0 Å². The molecule has 0 aliphatic carbocycles. The van der Waals surface area contributed by atoms with Gasteiger partial charge < -0.3 is 9.64 Å². The second-order valence-corrected chi connectivity index (χ2v) is 6.65. The van der Waals surface area contributed by atoms with Gasteiger partial charge in [0, 0.05) is 22.7 Å². The molecule has 1 aliphatic rings. The van der Waals surface area contributed by atoms with Gasteiger partial charge >= 0.3 is 6.09 Å². The average Bonchev–Trinajstić information content (AvgIpc) is 3.05. The molecule has 1 aliphatic heterocycles. The first-order chi connectivity index (χ1) is 11.6. The van der Waals surface area contributed by atoms with Crippen LogP contribution in [0, 0.1) is 0 Å². The zero-order chi connectivity index (χ0) is 17.1. The van der Waals surface area contributed by atoms with Crippen LogP contribution in [0.4, 0.5) is 10.5 Å². The Morgan fingerprint density at radius 3 is 2.75 bits per heavy atom. The highest BCUT2D eigenvalue weighted by molar-refractivity contribution is 7.10. The maximum Gasteiger partial charge on any atom is 0.411 e. The van der Waals surface area contributed by atoms with Gasteiger partial charge in [-0.25, -0.2) is 4.79 Å². The van der Waals surface area contributed by atoms with Crippen LogP contribution in [-0.4, -0.2) is 30.1 Å². The highest BCUT2D eigenvalue weighted by Crippen LogP contribution is 2.33. The highest BCUT2D eigenvalue weighted by atomic mass is 32.1. The molecule has 0 fully saturated rings. The minimum Gasteiger partial charge on any atom is -0.450 e. The largest absolute Gasteiger partial charge is 0.450 e. The summed E-state index contributed by atoms with van der Waals surface area (Å²) in [5.74, 6) is 0.0158. The Morgan fingerprint density at radius 1 is 1.29 bits per heavy atom. The second-order valence-electron chi connectivity index (χ2n) is 5.65. The molecule has 1 aromatic heterocycles. The van der Waals surface area contributed by atoms with E-state index in [4.69, 9.17) is 4.74 Å². The van der Waals surface area contributed by atoms with Gasteiger partial charge in [0.05, 0.1) is 12.6 Å². The lowest BCUT2D eigenvalue weighted by Crippen LogP contribution is -2.38. The standard InChI is InChI=1S/C18H20N2O3S/c1-3-23-18(22)19-14-6-4-13(5-7-14)17(21)20-10-8-16-15(12(20)2)9-11-24-16/h4-7,9,11-12H,3,8,10H2,1-2H3,(H,19,22)/t12-/m1/s1. The summed E-state index contributed by atoms with van der Waals surface area (Å²) in [5, 5.41) is 4.71. The molecule has 2 heterocycles. The van der Waals surface area contributed by atoms with Gasteiger partial charge in [0.1, 0.15) is 0 Å². The molecule has 0 unspecified atom stereocenters. The maximum atomic E-state index is 12.8. The lowest BCUT2D eigenvalue weighted by molar-refractivity contribution is 0.0679. The van der Waals surface area contributed by atoms with E-state index in [1.807, 2.05) is 4.90 Å². The molecule has 0 bridgehead atoms. The third-order valence-corrected chi connectivity index (χ3v) is 5.19. The quantitative estimate of drug-likeness (QED) is 0.913. The van der Waals surface area contributed by atoms with Crippen LogP contribution in [0.1, 0.15) is 40.7 Å². The lowest BCUT2D eigenvalue weighted by Gasteiger charge is -2.33. The van der Waals surface area contributed by atoms with Crippen molar-refractivity contribution in [3.8, 4) is 0 Å². The number of amides is 2. The average molecular weight is 344 g/mol.